The number of hydrogen-bond donors (Lipinski definition) is 0. The van der Waals surface area contributed by atoms with Gasteiger partial charge in [-0.2, -0.15) is 0 Å². The predicted octanol–water partition coefficient (Wildman–Crippen LogP) is 8.44. The molecule has 5 rings (SSSR count). The van der Waals surface area contributed by atoms with E-state index in [0.717, 1.165) is 5.82 Å². The van der Waals surface area contributed by atoms with E-state index in [-0.39, 0.29) is 6.98 Å². The smallest absolute Gasteiger partial charge is 0.360 e. The average molecular weight is 490 g/mol. The molecule has 1 aliphatic rings. The van der Waals surface area contributed by atoms with Crippen LogP contribution in [0.1, 0.15) is 101 Å². The highest BCUT2D eigenvalue weighted by molar-refractivity contribution is 6.78. The van der Waals surface area contributed by atoms with Crippen LogP contribution < -0.4 is 10.3 Å². The Morgan fingerprint density at radius 2 is 1.14 bits per heavy atom. The zero-order valence-electron chi connectivity index (χ0n) is 23.7. The Morgan fingerprint density at radius 3 is 1.68 bits per heavy atom. The lowest BCUT2D eigenvalue weighted by molar-refractivity contribution is 0.829. The summed E-state index contributed by atoms with van der Waals surface area (Å²) < 4.78 is 2.41. The van der Waals surface area contributed by atoms with Crippen molar-refractivity contribution >= 4 is 23.8 Å². The van der Waals surface area contributed by atoms with E-state index in [9.17, 15) is 0 Å². The van der Waals surface area contributed by atoms with Gasteiger partial charge >= 0.3 is 6.98 Å². The highest BCUT2D eigenvalue weighted by atomic mass is 15.2. The summed E-state index contributed by atoms with van der Waals surface area (Å²) in [5, 5.41) is 0. The highest BCUT2D eigenvalue weighted by Gasteiger charge is 2.42. The van der Waals surface area contributed by atoms with Gasteiger partial charge in [0.25, 0.3) is 0 Å². The van der Waals surface area contributed by atoms with Crippen molar-refractivity contribution in [3.8, 4) is 11.4 Å². The van der Waals surface area contributed by atoms with Crippen molar-refractivity contribution in [3.63, 3.8) is 0 Å². The predicted molar refractivity (Wildman–Crippen MR) is 160 cm³/mol. The van der Waals surface area contributed by atoms with Gasteiger partial charge in [0.2, 0.25) is 0 Å². The second-order valence-corrected chi connectivity index (χ2v) is 11.7. The third-order valence-electron chi connectivity index (χ3n) is 7.84. The van der Waals surface area contributed by atoms with Crippen molar-refractivity contribution < 1.29 is 0 Å². The summed E-state index contributed by atoms with van der Waals surface area (Å²) in [6.07, 6.45) is 4.14. The minimum atomic E-state index is -0.0270. The monoisotopic (exact) mass is 489 g/mol. The number of fused-ring (bicyclic) bond motifs is 3. The van der Waals surface area contributed by atoms with E-state index in [1.165, 1.54) is 44.7 Å². The zero-order chi connectivity index (χ0) is 26.4. The first-order valence-corrected chi connectivity index (χ1v) is 13.9. The van der Waals surface area contributed by atoms with Crippen LogP contribution in [0.5, 0.6) is 0 Å². The van der Waals surface area contributed by atoms with Crippen molar-refractivity contribution in [3.05, 3.63) is 95.3 Å². The first kappa shape index (κ1) is 25.4. The molecule has 0 unspecified atom stereocenters. The topological polar surface area (TPSA) is 21.1 Å². The van der Waals surface area contributed by atoms with Gasteiger partial charge in [-0.3, -0.25) is 0 Å². The maximum Gasteiger partial charge on any atom is 0.422 e. The fourth-order valence-corrected chi connectivity index (χ4v) is 6.06. The number of para-hydroxylation sites is 2. The molecule has 0 atom stereocenters. The SMILES string of the molecule is CC(C)c1cccc(C(C)C)c1B1N(c2c(C(C)C)cccc2C(C)C)c2ccccc2-c2nccn21. The Balaban J connectivity index is 1.95. The summed E-state index contributed by atoms with van der Waals surface area (Å²) in [5.74, 6) is 2.65. The Bertz CT molecular complexity index is 1360. The number of rotatable bonds is 6. The van der Waals surface area contributed by atoms with Crippen molar-refractivity contribution in [2.24, 2.45) is 0 Å². The van der Waals surface area contributed by atoms with Gasteiger partial charge in [0.1, 0.15) is 5.82 Å². The lowest BCUT2D eigenvalue weighted by Gasteiger charge is -2.42. The molecule has 0 aliphatic carbocycles. The van der Waals surface area contributed by atoms with Gasteiger partial charge in [-0.25, -0.2) is 4.98 Å². The molecule has 3 nitrogen and oxygen atoms in total. The number of anilines is 2. The quantitative estimate of drug-likeness (QED) is 0.253. The Hall–Kier alpha value is -3.27. The van der Waals surface area contributed by atoms with Crippen LogP contribution in [0.4, 0.5) is 11.4 Å². The van der Waals surface area contributed by atoms with E-state index in [4.69, 9.17) is 4.98 Å². The Kier molecular flexibility index (Phi) is 6.79. The van der Waals surface area contributed by atoms with Crippen molar-refractivity contribution in [2.75, 3.05) is 4.81 Å². The van der Waals surface area contributed by atoms with E-state index in [2.05, 4.69) is 132 Å². The highest BCUT2D eigenvalue weighted by Crippen LogP contribution is 2.46. The summed E-state index contributed by atoms with van der Waals surface area (Å²) in [7, 11) is 0. The van der Waals surface area contributed by atoms with Crippen molar-refractivity contribution in [2.45, 2.75) is 79.1 Å². The van der Waals surface area contributed by atoms with Gasteiger partial charge in [0.05, 0.1) is 0 Å². The average Bonchev–Trinajstić information content (AvgIpc) is 3.37. The van der Waals surface area contributed by atoms with Crippen LogP contribution in [0.25, 0.3) is 11.4 Å². The molecule has 0 saturated heterocycles. The molecule has 0 fully saturated rings. The van der Waals surface area contributed by atoms with E-state index in [1.54, 1.807) is 0 Å². The fraction of sp³-hybridized carbons (Fsp3) is 0.364. The normalized spacial score (nSPS) is 13.2. The second-order valence-electron chi connectivity index (χ2n) is 11.7. The van der Waals surface area contributed by atoms with Gasteiger partial charge < -0.3 is 9.29 Å². The number of imidazole rings is 1. The van der Waals surface area contributed by atoms with Crippen LogP contribution in [-0.2, 0) is 0 Å². The van der Waals surface area contributed by atoms with Crippen LogP contribution in [0.15, 0.2) is 73.1 Å². The molecular formula is C33H40BN3. The Labute approximate surface area is 223 Å². The van der Waals surface area contributed by atoms with E-state index in [1.807, 2.05) is 6.20 Å². The van der Waals surface area contributed by atoms with Crippen LogP contribution >= 0.6 is 0 Å². The molecule has 0 N–H and O–H groups in total. The lowest BCUT2D eigenvalue weighted by atomic mass is 9.57. The Morgan fingerprint density at radius 1 is 0.622 bits per heavy atom. The van der Waals surface area contributed by atoms with Gasteiger partial charge in [-0.15, -0.1) is 0 Å². The number of aromatic nitrogens is 2. The first-order chi connectivity index (χ1) is 17.7. The molecule has 1 aromatic heterocycles. The molecule has 0 bridgehead atoms. The third kappa shape index (κ3) is 4.21. The molecule has 0 spiro atoms. The molecule has 0 radical (unpaired) electrons. The van der Waals surface area contributed by atoms with Crippen LogP contribution in [0.2, 0.25) is 0 Å². The van der Waals surface area contributed by atoms with Crippen LogP contribution in [-0.4, -0.2) is 16.4 Å². The minimum absolute atomic E-state index is 0.0270. The number of hydrogen-bond acceptors (Lipinski definition) is 2. The van der Waals surface area contributed by atoms with Gasteiger partial charge in [-0.1, -0.05) is 104 Å². The van der Waals surface area contributed by atoms with Crippen LogP contribution in [0.3, 0.4) is 0 Å². The molecule has 37 heavy (non-hydrogen) atoms. The second kappa shape index (κ2) is 9.89. The molecule has 4 aromatic rings. The van der Waals surface area contributed by atoms with Crippen molar-refractivity contribution in [1.29, 1.82) is 0 Å². The lowest BCUT2D eigenvalue weighted by Crippen LogP contribution is -2.56. The first-order valence-electron chi connectivity index (χ1n) is 13.9. The van der Waals surface area contributed by atoms with Crippen molar-refractivity contribution in [1.82, 2.24) is 9.46 Å². The van der Waals surface area contributed by atoms with Crippen LogP contribution in [0, 0.1) is 0 Å². The number of benzene rings is 3. The molecule has 1 aliphatic heterocycles. The molecule has 190 valence electrons. The van der Waals surface area contributed by atoms with Gasteiger partial charge in [0.15, 0.2) is 0 Å². The maximum absolute atomic E-state index is 4.90. The summed E-state index contributed by atoms with van der Waals surface area (Å²) in [6.45, 7) is 18.5. The maximum atomic E-state index is 4.90. The molecule has 4 heteroatoms. The van der Waals surface area contributed by atoms with Gasteiger partial charge in [0, 0.05) is 29.3 Å². The summed E-state index contributed by atoms with van der Waals surface area (Å²) in [6, 6.07) is 22.6. The summed E-state index contributed by atoms with van der Waals surface area (Å²) in [5.41, 5.74) is 10.8. The van der Waals surface area contributed by atoms with Gasteiger partial charge in [-0.05, 0) is 63.5 Å². The zero-order valence-corrected chi connectivity index (χ0v) is 23.7. The molecule has 2 heterocycles. The molecule has 3 aromatic carbocycles. The third-order valence-corrected chi connectivity index (χ3v) is 7.84. The molecule has 0 saturated carbocycles. The summed E-state index contributed by atoms with van der Waals surface area (Å²) >= 11 is 0. The standard InChI is InChI=1S/C33H40BN3/c1-21(2)25-14-11-15-26(22(3)4)31(25)34-36-20-19-35-33(36)29-13-9-10-18-30(29)37(34)32-27(23(5)6)16-12-17-28(32)24(7)8/h9-24H,1-8H3. The largest absolute Gasteiger partial charge is 0.422 e. The minimum Gasteiger partial charge on any atom is -0.360 e. The number of nitrogens with zero attached hydrogens (tertiary/aromatic N) is 3. The molecular weight excluding hydrogens is 449 g/mol. The fourth-order valence-electron chi connectivity index (χ4n) is 6.06. The molecule has 0 amide bonds. The van der Waals surface area contributed by atoms with E-state index >= 15 is 0 Å². The van der Waals surface area contributed by atoms with E-state index < -0.39 is 0 Å². The van der Waals surface area contributed by atoms with E-state index in [0.29, 0.717) is 23.7 Å². The summed E-state index contributed by atoms with van der Waals surface area (Å²) in [4.78, 5) is 7.54.